The van der Waals surface area contributed by atoms with Gasteiger partial charge < -0.3 is 9.88 Å². The maximum Gasteiger partial charge on any atom is 0.259 e. The number of aryl methyl sites for hydroxylation is 1. The predicted molar refractivity (Wildman–Crippen MR) is 146 cm³/mol. The standard InChI is InChI=1S/C29H31N3O5S/c1-21-12-14-23(15-13-21)26(33)25-11-7-19-32(25)18-6-9-22-8-5-10-24(20-22)27(34)30-29(16-3-4-17-29)28(35)31-38(2,36)37/h5-15,19-20H,3-4,16-18H2,1-2H3,(H,30,34)(H,31,35)/b9-6+. The summed E-state index contributed by atoms with van der Waals surface area (Å²) in [4.78, 5) is 38.7. The molecular weight excluding hydrogens is 502 g/mol. The number of benzene rings is 2. The monoisotopic (exact) mass is 533 g/mol. The van der Waals surface area contributed by atoms with Gasteiger partial charge in [0.15, 0.2) is 0 Å². The molecule has 3 aromatic rings. The number of carbonyl (C=O) groups is 3. The summed E-state index contributed by atoms with van der Waals surface area (Å²) in [6, 6.07) is 18.0. The van der Waals surface area contributed by atoms with Gasteiger partial charge in [-0.1, -0.05) is 67.0 Å². The molecule has 1 aliphatic rings. The van der Waals surface area contributed by atoms with Crippen LogP contribution in [0, 0.1) is 6.92 Å². The molecule has 8 nitrogen and oxygen atoms in total. The Hall–Kier alpha value is -3.98. The molecule has 0 spiro atoms. The van der Waals surface area contributed by atoms with Crippen molar-refractivity contribution in [2.75, 3.05) is 6.26 Å². The normalized spacial score (nSPS) is 14.9. The molecule has 0 unspecified atom stereocenters. The largest absolute Gasteiger partial charge is 0.341 e. The van der Waals surface area contributed by atoms with Crippen LogP contribution >= 0.6 is 0 Å². The van der Waals surface area contributed by atoms with Crippen molar-refractivity contribution in [1.29, 1.82) is 0 Å². The van der Waals surface area contributed by atoms with E-state index >= 15 is 0 Å². The Morgan fingerprint density at radius 3 is 2.37 bits per heavy atom. The fourth-order valence-electron chi connectivity index (χ4n) is 4.66. The number of ketones is 1. The molecule has 1 fully saturated rings. The molecule has 2 N–H and O–H groups in total. The SMILES string of the molecule is Cc1ccc(C(=O)c2cccn2C/C=C/c2cccc(C(=O)NC3(C(=O)NS(C)(=O)=O)CCCC3)c2)cc1. The minimum atomic E-state index is -3.74. The van der Waals surface area contributed by atoms with Crippen LogP contribution in [0.4, 0.5) is 0 Å². The molecule has 1 aliphatic carbocycles. The van der Waals surface area contributed by atoms with E-state index in [1.54, 1.807) is 24.3 Å². The second kappa shape index (κ2) is 11.2. The Balaban J connectivity index is 1.44. The first-order valence-electron chi connectivity index (χ1n) is 12.4. The van der Waals surface area contributed by atoms with E-state index in [9.17, 15) is 22.8 Å². The molecule has 1 aromatic heterocycles. The Morgan fingerprint density at radius 2 is 1.68 bits per heavy atom. The van der Waals surface area contributed by atoms with E-state index < -0.39 is 27.4 Å². The van der Waals surface area contributed by atoms with Gasteiger partial charge in [0.2, 0.25) is 15.8 Å². The number of nitrogens with zero attached hydrogens (tertiary/aromatic N) is 1. The van der Waals surface area contributed by atoms with E-state index in [4.69, 9.17) is 0 Å². The lowest BCUT2D eigenvalue weighted by Gasteiger charge is -2.28. The molecule has 0 aliphatic heterocycles. The number of rotatable bonds is 9. The van der Waals surface area contributed by atoms with Gasteiger partial charge in [0, 0.05) is 23.9 Å². The van der Waals surface area contributed by atoms with Crippen LogP contribution in [0.15, 0.2) is 72.9 Å². The highest BCUT2D eigenvalue weighted by Crippen LogP contribution is 2.30. The molecule has 0 atom stereocenters. The van der Waals surface area contributed by atoms with Gasteiger partial charge in [-0.25, -0.2) is 8.42 Å². The average molecular weight is 534 g/mol. The van der Waals surface area contributed by atoms with Crippen LogP contribution in [-0.4, -0.2) is 42.4 Å². The van der Waals surface area contributed by atoms with Crippen molar-refractivity contribution in [3.63, 3.8) is 0 Å². The lowest BCUT2D eigenvalue weighted by Crippen LogP contribution is -2.58. The Labute approximate surface area is 222 Å². The number of allylic oxidation sites excluding steroid dienone is 1. The number of carbonyl (C=O) groups excluding carboxylic acids is 3. The first-order valence-corrected chi connectivity index (χ1v) is 14.3. The zero-order valence-corrected chi connectivity index (χ0v) is 22.3. The fraction of sp³-hybridized carbons (Fsp3) is 0.276. The van der Waals surface area contributed by atoms with Gasteiger partial charge in [0.25, 0.3) is 11.8 Å². The molecule has 2 amide bonds. The Bertz CT molecular complexity index is 1480. The van der Waals surface area contributed by atoms with Gasteiger partial charge in [-0.2, -0.15) is 0 Å². The van der Waals surface area contributed by atoms with Crippen molar-refractivity contribution in [3.8, 4) is 0 Å². The first kappa shape index (κ1) is 27.1. The summed E-state index contributed by atoms with van der Waals surface area (Å²) in [7, 11) is -3.74. The van der Waals surface area contributed by atoms with Gasteiger partial charge in [-0.3, -0.25) is 19.1 Å². The maximum absolute atomic E-state index is 13.1. The van der Waals surface area contributed by atoms with Crippen molar-refractivity contribution in [1.82, 2.24) is 14.6 Å². The third-order valence-corrected chi connectivity index (χ3v) is 7.22. The summed E-state index contributed by atoms with van der Waals surface area (Å²) in [5.74, 6) is -1.20. The second-order valence-corrected chi connectivity index (χ2v) is 11.5. The highest BCUT2D eigenvalue weighted by atomic mass is 32.2. The zero-order valence-electron chi connectivity index (χ0n) is 21.4. The highest BCUT2D eigenvalue weighted by Gasteiger charge is 2.43. The molecule has 1 heterocycles. The maximum atomic E-state index is 13.1. The number of hydrogen-bond acceptors (Lipinski definition) is 5. The molecule has 9 heteroatoms. The number of amides is 2. The lowest BCUT2D eigenvalue weighted by atomic mass is 9.96. The van der Waals surface area contributed by atoms with Gasteiger partial charge in [-0.15, -0.1) is 0 Å². The topological polar surface area (TPSA) is 114 Å². The van der Waals surface area contributed by atoms with Crippen molar-refractivity contribution < 1.29 is 22.8 Å². The molecule has 1 saturated carbocycles. The predicted octanol–water partition coefficient (Wildman–Crippen LogP) is 3.86. The fourth-order valence-corrected chi connectivity index (χ4v) is 5.19. The third-order valence-electron chi connectivity index (χ3n) is 6.66. The van der Waals surface area contributed by atoms with Crippen molar-refractivity contribution in [2.45, 2.75) is 44.7 Å². The Kier molecular flexibility index (Phi) is 7.97. The number of nitrogens with one attached hydrogen (secondary N) is 2. The van der Waals surface area contributed by atoms with E-state index in [0.29, 0.717) is 49.0 Å². The van der Waals surface area contributed by atoms with E-state index in [0.717, 1.165) is 17.4 Å². The summed E-state index contributed by atoms with van der Waals surface area (Å²) < 4.78 is 27.1. The number of sulfonamides is 1. The molecule has 0 bridgehead atoms. The molecular formula is C29H31N3O5S. The quantitative estimate of drug-likeness (QED) is 0.406. The molecule has 0 radical (unpaired) electrons. The third kappa shape index (κ3) is 6.47. The molecule has 198 valence electrons. The first-order chi connectivity index (χ1) is 18.1. The van der Waals surface area contributed by atoms with Crippen LogP contribution in [0.5, 0.6) is 0 Å². The molecule has 38 heavy (non-hydrogen) atoms. The van der Waals surface area contributed by atoms with Gasteiger partial charge in [0.1, 0.15) is 5.54 Å². The van der Waals surface area contributed by atoms with Crippen LogP contribution in [0.3, 0.4) is 0 Å². The van der Waals surface area contributed by atoms with Crippen LogP contribution in [-0.2, 0) is 21.4 Å². The lowest BCUT2D eigenvalue weighted by molar-refractivity contribution is -0.125. The number of aromatic nitrogens is 1. The summed E-state index contributed by atoms with van der Waals surface area (Å²) >= 11 is 0. The minimum absolute atomic E-state index is 0.0529. The van der Waals surface area contributed by atoms with Crippen LogP contribution in [0.2, 0.25) is 0 Å². The Morgan fingerprint density at radius 1 is 0.974 bits per heavy atom. The average Bonchev–Trinajstić information content (AvgIpc) is 3.54. The van der Waals surface area contributed by atoms with Crippen molar-refractivity contribution >= 4 is 33.7 Å². The van der Waals surface area contributed by atoms with Gasteiger partial charge in [0.05, 0.1) is 11.9 Å². The van der Waals surface area contributed by atoms with Crippen molar-refractivity contribution in [3.05, 3.63) is 101 Å². The second-order valence-electron chi connectivity index (χ2n) is 9.72. The van der Waals surface area contributed by atoms with Crippen LogP contribution in [0.1, 0.15) is 63.2 Å². The van der Waals surface area contributed by atoms with E-state index in [2.05, 4.69) is 5.32 Å². The molecule has 2 aromatic carbocycles. The van der Waals surface area contributed by atoms with Crippen LogP contribution in [0.25, 0.3) is 6.08 Å². The summed E-state index contributed by atoms with van der Waals surface area (Å²) in [6.07, 6.45) is 8.71. The smallest absolute Gasteiger partial charge is 0.259 e. The highest BCUT2D eigenvalue weighted by molar-refractivity contribution is 7.89. The van der Waals surface area contributed by atoms with E-state index in [1.165, 1.54) is 0 Å². The van der Waals surface area contributed by atoms with E-state index in [1.807, 2.05) is 71.0 Å². The van der Waals surface area contributed by atoms with Crippen molar-refractivity contribution in [2.24, 2.45) is 0 Å². The minimum Gasteiger partial charge on any atom is -0.341 e. The summed E-state index contributed by atoms with van der Waals surface area (Å²) in [5.41, 5.74) is 2.19. The summed E-state index contributed by atoms with van der Waals surface area (Å²) in [5, 5.41) is 2.79. The van der Waals surface area contributed by atoms with E-state index in [-0.39, 0.29) is 5.78 Å². The number of hydrogen-bond donors (Lipinski definition) is 2. The molecule has 0 saturated heterocycles. The van der Waals surface area contributed by atoms with Crippen LogP contribution < -0.4 is 10.0 Å². The zero-order chi connectivity index (χ0) is 27.3. The summed E-state index contributed by atoms with van der Waals surface area (Å²) in [6.45, 7) is 2.44. The molecule has 4 rings (SSSR count). The van der Waals surface area contributed by atoms with Gasteiger partial charge in [-0.05, 0) is 49.6 Å². The van der Waals surface area contributed by atoms with Gasteiger partial charge >= 0.3 is 0 Å².